The highest BCUT2D eigenvalue weighted by Gasteiger charge is 2.38. The van der Waals surface area contributed by atoms with Crippen LogP contribution in [-0.4, -0.2) is 51.5 Å². The minimum absolute atomic E-state index is 0. The van der Waals surface area contributed by atoms with E-state index >= 15 is 0 Å². The van der Waals surface area contributed by atoms with Crippen molar-refractivity contribution in [2.45, 2.75) is 44.6 Å². The molecule has 1 aromatic carbocycles. The van der Waals surface area contributed by atoms with Crippen molar-refractivity contribution >= 4 is 45.9 Å². The summed E-state index contributed by atoms with van der Waals surface area (Å²) in [7, 11) is 0. The van der Waals surface area contributed by atoms with E-state index in [1.807, 2.05) is 0 Å². The Kier molecular flexibility index (Phi) is 11.1. The van der Waals surface area contributed by atoms with E-state index in [1.165, 1.54) is 12.0 Å². The largest absolute Gasteiger partial charge is 0.381 e. The minimum atomic E-state index is 0. The van der Waals surface area contributed by atoms with Gasteiger partial charge in [-0.2, -0.15) is 0 Å². The summed E-state index contributed by atoms with van der Waals surface area (Å²) in [4.78, 5) is 4.71. The Morgan fingerprint density at radius 3 is 2.71 bits per heavy atom. The number of rotatable bonds is 9. The van der Waals surface area contributed by atoms with Gasteiger partial charge in [0.15, 0.2) is 5.96 Å². The fraction of sp³-hybridized carbons (Fsp3) is 0.667. The first-order valence-corrected chi connectivity index (χ1v) is 11.0. The minimum Gasteiger partial charge on any atom is -0.381 e. The summed E-state index contributed by atoms with van der Waals surface area (Å²) in [5.41, 5.74) is 1.40. The average molecular weight is 566 g/mol. The SMILES string of the molecule is CCNC(=NCCCOCC1CCOCC1)NC1CC1c1ccc(Br)cc1.I. The first kappa shape index (κ1) is 23.9. The second kappa shape index (κ2) is 13.0. The third kappa shape index (κ3) is 8.16. The van der Waals surface area contributed by atoms with E-state index in [2.05, 4.69) is 57.8 Å². The summed E-state index contributed by atoms with van der Waals surface area (Å²) in [6.45, 7) is 7.19. The van der Waals surface area contributed by atoms with Crippen molar-refractivity contribution in [1.29, 1.82) is 0 Å². The zero-order chi connectivity index (χ0) is 18.9. The van der Waals surface area contributed by atoms with Crippen LogP contribution >= 0.6 is 39.9 Å². The lowest BCUT2D eigenvalue weighted by Crippen LogP contribution is -2.39. The smallest absolute Gasteiger partial charge is 0.191 e. The molecular weight excluding hydrogens is 533 g/mol. The Morgan fingerprint density at radius 2 is 2.00 bits per heavy atom. The maximum atomic E-state index is 5.82. The van der Waals surface area contributed by atoms with Gasteiger partial charge < -0.3 is 20.1 Å². The Balaban J connectivity index is 0.00000280. The van der Waals surface area contributed by atoms with Crippen molar-refractivity contribution in [3.63, 3.8) is 0 Å². The molecule has 1 aliphatic carbocycles. The number of aliphatic imine (C=N–C) groups is 1. The van der Waals surface area contributed by atoms with E-state index in [-0.39, 0.29) is 24.0 Å². The van der Waals surface area contributed by atoms with Gasteiger partial charge in [-0.3, -0.25) is 4.99 Å². The van der Waals surface area contributed by atoms with Crippen molar-refractivity contribution < 1.29 is 9.47 Å². The van der Waals surface area contributed by atoms with Gasteiger partial charge in [0.1, 0.15) is 0 Å². The van der Waals surface area contributed by atoms with E-state index in [4.69, 9.17) is 14.5 Å². The second-order valence-corrected chi connectivity index (χ2v) is 8.31. The molecule has 7 heteroatoms. The fourth-order valence-corrected chi connectivity index (χ4v) is 3.71. The highest BCUT2D eigenvalue weighted by Crippen LogP contribution is 2.40. The molecule has 3 rings (SSSR count). The van der Waals surface area contributed by atoms with Gasteiger partial charge in [0.05, 0.1) is 0 Å². The third-order valence-electron chi connectivity index (χ3n) is 5.17. The molecule has 0 amide bonds. The molecule has 0 spiro atoms. The molecule has 2 aliphatic rings. The Morgan fingerprint density at radius 1 is 1.25 bits per heavy atom. The molecule has 1 saturated carbocycles. The predicted molar refractivity (Wildman–Crippen MR) is 129 cm³/mol. The first-order valence-electron chi connectivity index (χ1n) is 10.2. The van der Waals surface area contributed by atoms with Gasteiger partial charge in [-0.05, 0) is 56.2 Å². The normalized spacial score (nSPS) is 22.4. The number of nitrogens with zero attached hydrogens (tertiary/aromatic N) is 1. The number of nitrogens with one attached hydrogen (secondary N) is 2. The predicted octanol–water partition coefficient (Wildman–Crippen LogP) is 4.31. The van der Waals surface area contributed by atoms with E-state index in [9.17, 15) is 0 Å². The molecule has 1 aromatic rings. The van der Waals surface area contributed by atoms with Crippen molar-refractivity contribution in [3.8, 4) is 0 Å². The molecule has 158 valence electrons. The van der Waals surface area contributed by atoms with E-state index in [0.717, 1.165) is 69.2 Å². The number of benzene rings is 1. The maximum absolute atomic E-state index is 5.82. The average Bonchev–Trinajstić information content (AvgIpc) is 3.45. The van der Waals surface area contributed by atoms with Gasteiger partial charge in [0.2, 0.25) is 0 Å². The molecular formula is C21H33BrIN3O2. The summed E-state index contributed by atoms with van der Waals surface area (Å²) in [5, 5.41) is 6.92. The van der Waals surface area contributed by atoms with Crippen molar-refractivity contribution in [2.75, 3.05) is 39.5 Å². The van der Waals surface area contributed by atoms with Gasteiger partial charge in [0.25, 0.3) is 0 Å². The van der Waals surface area contributed by atoms with Crippen LogP contribution in [0.4, 0.5) is 0 Å². The van der Waals surface area contributed by atoms with Gasteiger partial charge >= 0.3 is 0 Å². The molecule has 1 saturated heterocycles. The molecule has 2 N–H and O–H groups in total. The van der Waals surface area contributed by atoms with Crippen LogP contribution in [0, 0.1) is 5.92 Å². The van der Waals surface area contributed by atoms with Crippen LogP contribution in [0.15, 0.2) is 33.7 Å². The quantitative estimate of drug-likeness (QED) is 0.203. The zero-order valence-electron chi connectivity index (χ0n) is 16.7. The second-order valence-electron chi connectivity index (χ2n) is 7.39. The molecule has 2 fully saturated rings. The van der Waals surface area contributed by atoms with E-state index in [0.29, 0.717) is 17.9 Å². The molecule has 2 atom stereocenters. The van der Waals surface area contributed by atoms with Crippen molar-refractivity contribution in [3.05, 3.63) is 34.3 Å². The lowest BCUT2D eigenvalue weighted by atomic mass is 10.0. The lowest BCUT2D eigenvalue weighted by molar-refractivity contribution is 0.0205. The molecule has 1 heterocycles. The topological polar surface area (TPSA) is 54.9 Å². The Hall–Kier alpha value is -0.380. The summed E-state index contributed by atoms with van der Waals surface area (Å²) < 4.78 is 12.3. The molecule has 28 heavy (non-hydrogen) atoms. The molecule has 2 unspecified atom stereocenters. The van der Waals surface area contributed by atoms with Crippen LogP contribution in [0.1, 0.15) is 44.1 Å². The zero-order valence-corrected chi connectivity index (χ0v) is 20.6. The number of ether oxygens (including phenoxy) is 2. The van der Waals surface area contributed by atoms with Crippen LogP contribution in [0.2, 0.25) is 0 Å². The van der Waals surface area contributed by atoms with Crippen molar-refractivity contribution in [2.24, 2.45) is 10.9 Å². The van der Waals surface area contributed by atoms with Crippen LogP contribution < -0.4 is 10.6 Å². The lowest BCUT2D eigenvalue weighted by Gasteiger charge is -2.21. The summed E-state index contributed by atoms with van der Waals surface area (Å²) in [6, 6.07) is 9.12. The van der Waals surface area contributed by atoms with Gasteiger partial charge in [-0.25, -0.2) is 0 Å². The van der Waals surface area contributed by atoms with Crippen LogP contribution in [-0.2, 0) is 9.47 Å². The number of hydrogen-bond acceptors (Lipinski definition) is 3. The van der Waals surface area contributed by atoms with Crippen LogP contribution in [0.3, 0.4) is 0 Å². The summed E-state index contributed by atoms with van der Waals surface area (Å²) in [5.74, 6) is 2.18. The molecule has 5 nitrogen and oxygen atoms in total. The van der Waals surface area contributed by atoms with Gasteiger partial charge in [0, 0.05) is 55.9 Å². The highest BCUT2D eigenvalue weighted by molar-refractivity contribution is 14.0. The Bertz CT molecular complexity index is 594. The van der Waals surface area contributed by atoms with Crippen LogP contribution in [0.5, 0.6) is 0 Å². The summed E-state index contributed by atoms with van der Waals surface area (Å²) >= 11 is 3.50. The number of guanidine groups is 1. The standard InChI is InChI=1S/C21H32BrN3O2.HI/c1-2-23-21(24-10-3-11-27-15-16-8-12-26-13-9-16)25-20-14-19(20)17-4-6-18(22)7-5-17;/h4-7,16,19-20H,2-3,8-15H2,1H3,(H2,23,24,25);1H. The number of halogens is 2. The van der Waals surface area contributed by atoms with Gasteiger partial charge in [-0.1, -0.05) is 28.1 Å². The number of hydrogen-bond donors (Lipinski definition) is 2. The third-order valence-corrected chi connectivity index (χ3v) is 5.69. The summed E-state index contributed by atoms with van der Waals surface area (Å²) in [6.07, 6.45) is 4.39. The van der Waals surface area contributed by atoms with E-state index < -0.39 is 0 Å². The molecule has 0 bridgehead atoms. The highest BCUT2D eigenvalue weighted by atomic mass is 127. The van der Waals surface area contributed by atoms with Gasteiger partial charge in [-0.15, -0.1) is 24.0 Å². The maximum Gasteiger partial charge on any atom is 0.191 e. The molecule has 0 radical (unpaired) electrons. The van der Waals surface area contributed by atoms with Crippen LogP contribution in [0.25, 0.3) is 0 Å². The molecule has 1 aliphatic heterocycles. The fourth-order valence-electron chi connectivity index (χ4n) is 3.45. The molecule has 0 aromatic heterocycles. The van der Waals surface area contributed by atoms with E-state index in [1.54, 1.807) is 0 Å². The first-order chi connectivity index (χ1) is 13.3. The monoisotopic (exact) mass is 565 g/mol. The Labute approximate surface area is 194 Å². The van der Waals surface area contributed by atoms with Crippen molar-refractivity contribution in [1.82, 2.24) is 10.6 Å².